The standard InChI is InChI=1S/C17H28N2O3/c1-2-22-17(21)16(18)14-4-3-5-15(14)19-11-10-12-6-8-13(20)9-7-12/h12-13,18-20H,2-11H2,1H3. The normalized spacial score (nSPS) is 25.2. The van der Waals surface area contributed by atoms with Crippen molar-refractivity contribution in [3.05, 3.63) is 11.3 Å². The molecule has 2 aliphatic rings. The number of aliphatic hydroxyl groups is 1. The third-order valence-corrected chi connectivity index (χ3v) is 4.71. The quantitative estimate of drug-likeness (QED) is 0.498. The summed E-state index contributed by atoms with van der Waals surface area (Å²) in [6, 6.07) is 0. The zero-order valence-corrected chi connectivity index (χ0v) is 13.5. The predicted octanol–water partition coefficient (Wildman–Crippen LogP) is 2.54. The lowest BCUT2D eigenvalue weighted by atomic mass is 9.85. The van der Waals surface area contributed by atoms with Gasteiger partial charge in [0.1, 0.15) is 5.71 Å². The molecule has 5 heteroatoms. The van der Waals surface area contributed by atoms with E-state index < -0.39 is 5.97 Å². The van der Waals surface area contributed by atoms with E-state index in [4.69, 9.17) is 10.1 Å². The SMILES string of the molecule is CCOC(=O)C(=N)C1=C(NCCC2CCC(O)CC2)CCC1. The summed E-state index contributed by atoms with van der Waals surface area (Å²) in [5.74, 6) is 0.172. The Kier molecular flexibility index (Phi) is 6.43. The van der Waals surface area contributed by atoms with E-state index in [0.717, 1.165) is 69.2 Å². The molecule has 2 rings (SSSR count). The number of nitrogens with one attached hydrogen (secondary N) is 2. The number of aliphatic hydroxyl groups excluding tert-OH is 1. The van der Waals surface area contributed by atoms with Gasteiger partial charge >= 0.3 is 5.97 Å². The molecule has 0 aromatic rings. The summed E-state index contributed by atoms with van der Waals surface area (Å²) in [6.45, 7) is 2.95. The number of allylic oxidation sites excluding steroid dienone is 1. The number of hydrogen-bond donors (Lipinski definition) is 3. The molecule has 3 N–H and O–H groups in total. The van der Waals surface area contributed by atoms with Crippen LogP contribution >= 0.6 is 0 Å². The van der Waals surface area contributed by atoms with Crippen molar-refractivity contribution in [2.24, 2.45) is 5.92 Å². The molecule has 0 radical (unpaired) electrons. The van der Waals surface area contributed by atoms with Crippen molar-refractivity contribution in [1.82, 2.24) is 5.32 Å². The van der Waals surface area contributed by atoms with Gasteiger partial charge < -0.3 is 15.2 Å². The van der Waals surface area contributed by atoms with Crippen LogP contribution in [0.1, 0.15) is 58.3 Å². The fourth-order valence-electron chi connectivity index (χ4n) is 3.40. The first-order chi connectivity index (χ1) is 10.6. The van der Waals surface area contributed by atoms with E-state index >= 15 is 0 Å². The van der Waals surface area contributed by atoms with Crippen LogP contribution in [0.2, 0.25) is 0 Å². The van der Waals surface area contributed by atoms with Crippen molar-refractivity contribution in [2.45, 2.75) is 64.4 Å². The van der Waals surface area contributed by atoms with Crippen LogP contribution in [-0.4, -0.2) is 36.0 Å². The molecule has 1 saturated carbocycles. The van der Waals surface area contributed by atoms with Gasteiger partial charge in [0.05, 0.1) is 12.7 Å². The largest absolute Gasteiger partial charge is 0.461 e. The highest BCUT2D eigenvalue weighted by atomic mass is 16.5. The molecule has 124 valence electrons. The van der Waals surface area contributed by atoms with E-state index in [1.54, 1.807) is 6.92 Å². The van der Waals surface area contributed by atoms with Crippen molar-refractivity contribution in [1.29, 1.82) is 5.41 Å². The van der Waals surface area contributed by atoms with Crippen LogP contribution in [0.15, 0.2) is 11.3 Å². The Morgan fingerprint density at radius 1 is 1.32 bits per heavy atom. The average molecular weight is 308 g/mol. The lowest BCUT2D eigenvalue weighted by molar-refractivity contribution is -0.135. The zero-order chi connectivity index (χ0) is 15.9. The molecule has 0 saturated heterocycles. The Labute approximate surface area is 132 Å². The molecule has 1 fully saturated rings. The summed E-state index contributed by atoms with van der Waals surface area (Å²) in [6.07, 6.45) is 7.75. The summed E-state index contributed by atoms with van der Waals surface area (Å²) in [5.41, 5.74) is 1.90. The van der Waals surface area contributed by atoms with Crippen LogP contribution in [0.4, 0.5) is 0 Å². The predicted molar refractivity (Wildman–Crippen MR) is 85.8 cm³/mol. The molecule has 22 heavy (non-hydrogen) atoms. The molecule has 0 spiro atoms. The van der Waals surface area contributed by atoms with Crippen LogP contribution in [-0.2, 0) is 9.53 Å². The Hall–Kier alpha value is -1.36. The number of rotatable bonds is 7. The molecule has 0 aromatic heterocycles. The lowest BCUT2D eigenvalue weighted by Crippen LogP contribution is -2.25. The van der Waals surface area contributed by atoms with Gasteiger partial charge in [-0.05, 0) is 64.2 Å². The number of hydrogen-bond acceptors (Lipinski definition) is 5. The molecule has 0 amide bonds. The first-order valence-electron chi connectivity index (χ1n) is 8.51. The van der Waals surface area contributed by atoms with E-state index in [1.807, 2.05) is 0 Å². The molecule has 5 nitrogen and oxygen atoms in total. The second kappa shape index (κ2) is 8.32. The molecule has 2 aliphatic carbocycles. The van der Waals surface area contributed by atoms with E-state index in [0.29, 0.717) is 12.5 Å². The fourth-order valence-corrected chi connectivity index (χ4v) is 3.40. The van der Waals surface area contributed by atoms with Crippen molar-refractivity contribution in [3.8, 4) is 0 Å². The molecular formula is C17H28N2O3. The topological polar surface area (TPSA) is 82.4 Å². The van der Waals surface area contributed by atoms with Gasteiger partial charge in [-0.3, -0.25) is 5.41 Å². The summed E-state index contributed by atoms with van der Waals surface area (Å²) < 4.78 is 4.92. The summed E-state index contributed by atoms with van der Waals surface area (Å²) in [5, 5.41) is 20.9. The van der Waals surface area contributed by atoms with E-state index in [9.17, 15) is 9.90 Å². The Bertz CT molecular complexity index is 437. The average Bonchev–Trinajstić information content (AvgIpc) is 2.97. The van der Waals surface area contributed by atoms with Crippen molar-refractivity contribution in [3.63, 3.8) is 0 Å². The molecule has 0 aliphatic heterocycles. The van der Waals surface area contributed by atoms with Gasteiger partial charge in [-0.1, -0.05) is 0 Å². The molecule has 0 aromatic carbocycles. The maximum atomic E-state index is 11.7. The minimum absolute atomic E-state index is 0.0163. The van der Waals surface area contributed by atoms with Crippen LogP contribution in [0.3, 0.4) is 0 Å². The highest BCUT2D eigenvalue weighted by Crippen LogP contribution is 2.28. The molecule has 0 heterocycles. The number of esters is 1. The third kappa shape index (κ3) is 4.57. The van der Waals surface area contributed by atoms with Crippen LogP contribution in [0, 0.1) is 11.3 Å². The molecule has 0 bridgehead atoms. The van der Waals surface area contributed by atoms with Crippen molar-refractivity contribution < 1.29 is 14.6 Å². The Balaban J connectivity index is 1.81. The highest BCUT2D eigenvalue weighted by molar-refractivity contribution is 6.42. The summed E-state index contributed by atoms with van der Waals surface area (Å²) >= 11 is 0. The summed E-state index contributed by atoms with van der Waals surface area (Å²) in [4.78, 5) is 11.7. The van der Waals surface area contributed by atoms with Gasteiger partial charge in [0.2, 0.25) is 0 Å². The Morgan fingerprint density at radius 3 is 2.73 bits per heavy atom. The lowest BCUT2D eigenvalue weighted by Gasteiger charge is -2.25. The summed E-state index contributed by atoms with van der Waals surface area (Å²) in [7, 11) is 0. The van der Waals surface area contributed by atoms with Gasteiger partial charge in [0.15, 0.2) is 0 Å². The molecule has 0 unspecified atom stereocenters. The Morgan fingerprint density at radius 2 is 2.05 bits per heavy atom. The van der Waals surface area contributed by atoms with Gasteiger partial charge in [0.25, 0.3) is 0 Å². The minimum atomic E-state index is -0.514. The van der Waals surface area contributed by atoms with Crippen LogP contribution in [0.25, 0.3) is 0 Å². The van der Waals surface area contributed by atoms with Gasteiger partial charge in [-0.2, -0.15) is 0 Å². The van der Waals surface area contributed by atoms with Crippen molar-refractivity contribution >= 4 is 11.7 Å². The fraction of sp³-hybridized carbons (Fsp3) is 0.765. The van der Waals surface area contributed by atoms with E-state index in [-0.39, 0.29) is 11.8 Å². The minimum Gasteiger partial charge on any atom is -0.461 e. The van der Waals surface area contributed by atoms with Crippen LogP contribution in [0.5, 0.6) is 0 Å². The number of carbonyl (C=O) groups is 1. The third-order valence-electron chi connectivity index (χ3n) is 4.71. The number of ether oxygens (including phenoxy) is 1. The van der Waals surface area contributed by atoms with E-state index in [2.05, 4.69) is 5.32 Å². The maximum Gasteiger partial charge on any atom is 0.356 e. The van der Waals surface area contributed by atoms with Gasteiger partial charge in [0, 0.05) is 17.8 Å². The highest BCUT2D eigenvalue weighted by Gasteiger charge is 2.24. The maximum absolute atomic E-state index is 11.7. The molecule has 0 atom stereocenters. The second-order valence-corrected chi connectivity index (χ2v) is 6.30. The van der Waals surface area contributed by atoms with Gasteiger partial charge in [-0.25, -0.2) is 4.79 Å². The first-order valence-corrected chi connectivity index (χ1v) is 8.51. The van der Waals surface area contributed by atoms with Crippen LogP contribution < -0.4 is 5.32 Å². The van der Waals surface area contributed by atoms with Crippen molar-refractivity contribution in [2.75, 3.05) is 13.2 Å². The first kappa shape index (κ1) is 17.0. The number of carbonyl (C=O) groups excluding carboxylic acids is 1. The smallest absolute Gasteiger partial charge is 0.356 e. The molecular weight excluding hydrogens is 280 g/mol. The zero-order valence-electron chi connectivity index (χ0n) is 13.5. The van der Waals surface area contributed by atoms with Gasteiger partial charge in [-0.15, -0.1) is 0 Å². The monoisotopic (exact) mass is 308 g/mol. The van der Waals surface area contributed by atoms with E-state index in [1.165, 1.54) is 0 Å². The second-order valence-electron chi connectivity index (χ2n) is 6.30.